The average molecular weight is 202 g/mol. The molecule has 0 bridgehead atoms. The lowest BCUT2D eigenvalue weighted by Crippen LogP contribution is -2.46. The van der Waals surface area contributed by atoms with E-state index in [1.165, 1.54) is 12.8 Å². The van der Waals surface area contributed by atoms with E-state index < -0.39 is 0 Å². The summed E-state index contributed by atoms with van der Waals surface area (Å²) in [5.41, 5.74) is 2.93. The normalized spacial score (nSPS) is 24.1. The van der Waals surface area contributed by atoms with Gasteiger partial charge < -0.3 is 10.6 Å². The van der Waals surface area contributed by atoms with Crippen LogP contribution in [0.25, 0.3) is 0 Å². The minimum absolute atomic E-state index is 0.0596. The molecule has 1 fully saturated rings. The minimum Gasteiger partial charge on any atom is -0.364 e. The predicted molar refractivity (Wildman–Crippen MR) is 58.8 cm³/mol. The Labute approximate surface area is 88.9 Å². The van der Waals surface area contributed by atoms with E-state index in [1.807, 2.05) is 25.1 Å². The summed E-state index contributed by atoms with van der Waals surface area (Å²) in [6, 6.07) is 5.83. The number of para-hydroxylation sites is 1. The second-order valence-corrected chi connectivity index (χ2v) is 4.43. The second-order valence-electron chi connectivity index (χ2n) is 4.43. The number of hydrogen-bond acceptors (Lipinski definition) is 2. The van der Waals surface area contributed by atoms with E-state index in [0.29, 0.717) is 5.92 Å². The molecule has 3 nitrogen and oxygen atoms in total. The van der Waals surface area contributed by atoms with E-state index in [4.69, 9.17) is 0 Å². The maximum atomic E-state index is 11.8. The van der Waals surface area contributed by atoms with Crippen LogP contribution < -0.4 is 10.6 Å². The maximum Gasteiger partial charge on any atom is 0.254 e. The number of rotatable bonds is 1. The fraction of sp³-hybridized carbons (Fsp3) is 0.417. The molecule has 0 saturated heterocycles. The number of benzene rings is 1. The Balaban J connectivity index is 2.01. The number of hydrogen-bond donors (Lipinski definition) is 2. The zero-order chi connectivity index (χ0) is 10.4. The molecule has 1 atom stereocenters. The summed E-state index contributed by atoms with van der Waals surface area (Å²) >= 11 is 0. The molecule has 78 valence electrons. The highest BCUT2D eigenvalue weighted by molar-refractivity contribution is 6.02. The van der Waals surface area contributed by atoms with E-state index in [2.05, 4.69) is 10.6 Å². The zero-order valence-corrected chi connectivity index (χ0v) is 8.71. The lowest BCUT2D eigenvalue weighted by molar-refractivity contribution is 0.0931. The molecule has 1 saturated carbocycles. The molecule has 2 N–H and O–H groups in total. The first kappa shape index (κ1) is 8.77. The van der Waals surface area contributed by atoms with Gasteiger partial charge in [-0.25, -0.2) is 0 Å². The van der Waals surface area contributed by atoms with E-state index >= 15 is 0 Å². The predicted octanol–water partition coefficient (Wildman–Crippen LogP) is 1.89. The zero-order valence-electron chi connectivity index (χ0n) is 8.71. The summed E-state index contributed by atoms with van der Waals surface area (Å²) in [5, 5.41) is 6.44. The van der Waals surface area contributed by atoms with Crippen LogP contribution in [-0.4, -0.2) is 12.1 Å². The number of fused-ring (bicyclic) bond motifs is 1. The van der Waals surface area contributed by atoms with Gasteiger partial charge >= 0.3 is 0 Å². The lowest BCUT2D eigenvalue weighted by Gasteiger charge is -2.29. The lowest BCUT2D eigenvalue weighted by atomic mass is 10.0. The van der Waals surface area contributed by atoms with Gasteiger partial charge in [0.05, 0.1) is 11.3 Å². The highest BCUT2D eigenvalue weighted by Gasteiger charge is 2.36. The van der Waals surface area contributed by atoms with Gasteiger partial charge in [-0.05, 0) is 37.3 Å². The smallest absolute Gasteiger partial charge is 0.254 e. The molecule has 1 aromatic carbocycles. The first-order chi connectivity index (χ1) is 7.25. The Morgan fingerprint density at radius 2 is 2.07 bits per heavy atom. The Bertz CT molecular complexity index is 424. The number of carbonyl (C=O) groups is 1. The first-order valence-corrected chi connectivity index (χ1v) is 5.43. The van der Waals surface area contributed by atoms with E-state index in [-0.39, 0.29) is 12.1 Å². The first-order valence-electron chi connectivity index (χ1n) is 5.43. The van der Waals surface area contributed by atoms with Crippen LogP contribution in [0.4, 0.5) is 5.69 Å². The molecule has 0 aromatic heterocycles. The van der Waals surface area contributed by atoms with Crippen LogP contribution in [0, 0.1) is 12.8 Å². The molecule has 3 rings (SSSR count). The van der Waals surface area contributed by atoms with Crippen LogP contribution in [0.5, 0.6) is 0 Å². The molecule has 0 radical (unpaired) electrons. The van der Waals surface area contributed by atoms with Gasteiger partial charge in [0.2, 0.25) is 0 Å². The SMILES string of the molecule is Cc1cccc2c1NC(C1CC1)NC2=O. The van der Waals surface area contributed by atoms with Crippen LogP contribution >= 0.6 is 0 Å². The van der Waals surface area contributed by atoms with Crippen molar-refractivity contribution in [2.24, 2.45) is 5.92 Å². The molecular formula is C12H14N2O. The third kappa shape index (κ3) is 1.39. The molecule has 1 aromatic rings. The molecule has 1 heterocycles. The van der Waals surface area contributed by atoms with Crippen LogP contribution in [0.2, 0.25) is 0 Å². The molecule has 2 aliphatic rings. The van der Waals surface area contributed by atoms with E-state index in [0.717, 1.165) is 16.8 Å². The Hall–Kier alpha value is -1.51. The third-order valence-corrected chi connectivity index (χ3v) is 3.20. The van der Waals surface area contributed by atoms with Crippen molar-refractivity contribution in [2.75, 3.05) is 5.32 Å². The molecule has 1 aliphatic heterocycles. The maximum absolute atomic E-state index is 11.8. The number of amides is 1. The summed E-state index contributed by atoms with van der Waals surface area (Å²) < 4.78 is 0. The van der Waals surface area contributed by atoms with Crippen molar-refractivity contribution in [3.8, 4) is 0 Å². The van der Waals surface area contributed by atoms with Crippen molar-refractivity contribution < 1.29 is 4.79 Å². The quantitative estimate of drug-likeness (QED) is 0.730. The van der Waals surface area contributed by atoms with Gasteiger partial charge in [-0.1, -0.05) is 12.1 Å². The fourth-order valence-electron chi connectivity index (χ4n) is 2.12. The molecule has 0 spiro atoms. The molecule has 3 heteroatoms. The van der Waals surface area contributed by atoms with Gasteiger partial charge in [0, 0.05) is 0 Å². The van der Waals surface area contributed by atoms with Crippen LogP contribution in [0.15, 0.2) is 18.2 Å². The van der Waals surface area contributed by atoms with E-state index in [9.17, 15) is 4.79 Å². The highest BCUT2D eigenvalue weighted by Crippen LogP contribution is 2.36. The topological polar surface area (TPSA) is 41.1 Å². The van der Waals surface area contributed by atoms with Crippen LogP contribution in [0.3, 0.4) is 0 Å². The highest BCUT2D eigenvalue weighted by atomic mass is 16.2. The van der Waals surface area contributed by atoms with E-state index in [1.54, 1.807) is 0 Å². The number of nitrogens with one attached hydrogen (secondary N) is 2. The molecule has 1 aliphatic carbocycles. The Morgan fingerprint density at radius 3 is 2.80 bits per heavy atom. The monoisotopic (exact) mass is 202 g/mol. The van der Waals surface area contributed by atoms with Gasteiger partial charge in [-0.3, -0.25) is 4.79 Å². The summed E-state index contributed by atoms with van der Waals surface area (Å²) in [5.74, 6) is 0.686. The number of aryl methyl sites for hydroxylation is 1. The van der Waals surface area contributed by atoms with Gasteiger partial charge in [0.25, 0.3) is 5.91 Å². The van der Waals surface area contributed by atoms with Crippen molar-refractivity contribution in [1.82, 2.24) is 5.32 Å². The largest absolute Gasteiger partial charge is 0.364 e. The van der Waals surface area contributed by atoms with Crippen LogP contribution in [-0.2, 0) is 0 Å². The van der Waals surface area contributed by atoms with Crippen molar-refractivity contribution >= 4 is 11.6 Å². The van der Waals surface area contributed by atoms with Gasteiger partial charge in [-0.15, -0.1) is 0 Å². The second kappa shape index (κ2) is 2.99. The van der Waals surface area contributed by atoms with Crippen molar-refractivity contribution in [2.45, 2.75) is 25.9 Å². The molecule has 1 amide bonds. The summed E-state index contributed by atoms with van der Waals surface area (Å²) in [6.07, 6.45) is 2.59. The summed E-state index contributed by atoms with van der Waals surface area (Å²) in [6.45, 7) is 2.04. The number of anilines is 1. The fourth-order valence-corrected chi connectivity index (χ4v) is 2.12. The van der Waals surface area contributed by atoms with Gasteiger partial charge in [-0.2, -0.15) is 0 Å². The summed E-state index contributed by atoms with van der Waals surface area (Å²) in [4.78, 5) is 11.8. The standard InChI is InChI=1S/C12H14N2O/c1-7-3-2-4-9-10(7)13-11(8-5-6-8)14-12(9)15/h2-4,8,11,13H,5-6H2,1H3,(H,14,15). The third-order valence-electron chi connectivity index (χ3n) is 3.20. The summed E-state index contributed by atoms with van der Waals surface area (Å²) in [7, 11) is 0. The molecule has 15 heavy (non-hydrogen) atoms. The van der Waals surface area contributed by atoms with Crippen molar-refractivity contribution in [3.05, 3.63) is 29.3 Å². The minimum atomic E-state index is 0.0596. The van der Waals surface area contributed by atoms with Crippen molar-refractivity contribution in [3.63, 3.8) is 0 Å². The van der Waals surface area contributed by atoms with Gasteiger partial charge in [0.15, 0.2) is 0 Å². The number of carbonyl (C=O) groups excluding carboxylic acids is 1. The Kier molecular flexibility index (Phi) is 1.75. The average Bonchev–Trinajstić information content (AvgIpc) is 3.02. The van der Waals surface area contributed by atoms with Crippen LogP contribution in [0.1, 0.15) is 28.8 Å². The van der Waals surface area contributed by atoms with Gasteiger partial charge in [0.1, 0.15) is 6.17 Å². The molecule has 1 unspecified atom stereocenters. The van der Waals surface area contributed by atoms with Crippen molar-refractivity contribution in [1.29, 1.82) is 0 Å². The molecular weight excluding hydrogens is 188 g/mol. The Morgan fingerprint density at radius 1 is 1.27 bits per heavy atom.